The fourth-order valence-electron chi connectivity index (χ4n) is 8.64. The van der Waals surface area contributed by atoms with Gasteiger partial charge in [0.25, 0.3) is 0 Å². The maximum Gasteiger partial charge on any atom is 0.217 e. The molecule has 8 rings (SSSR count). The van der Waals surface area contributed by atoms with E-state index in [1.54, 1.807) is 0 Å². The molecule has 0 bridgehead atoms. The molecule has 0 radical (unpaired) electrons. The fraction of sp³-hybridized carbons (Fsp3) is 0.351. The zero-order valence-electron chi connectivity index (χ0n) is 39.2. The minimum Gasteiger partial charge on any atom is -0.374 e. The maximum atomic E-state index is 13.2. The lowest BCUT2D eigenvalue weighted by molar-refractivity contribution is -0.361. The van der Waals surface area contributed by atoms with Crippen LogP contribution in [0, 0.1) is 0 Å². The van der Waals surface area contributed by atoms with Gasteiger partial charge in [0.2, 0.25) is 5.91 Å². The summed E-state index contributed by atoms with van der Waals surface area (Å²) < 4.78 is 67.8. The number of ether oxygens (including phenoxy) is 10. The van der Waals surface area contributed by atoms with Gasteiger partial charge in [0, 0.05) is 14.0 Å². The molecule has 0 aromatic heterocycles. The number of hydrogen-bond acceptors (Lipinski definition) is 11. The Balaban J connectivity index is 1.18. The normalized spacial score (nSPS) is 24.7. The van der Waals surface area contributed by atoms with Crippen LogP contribution in [0.5, 0.6) is 0 Å². The first-order valence-corrected chi connectivity index (χ1v) is 23.6. The minimum atomic E-state index is -1.14. The largest absolute Gasteiger partial charge is 0.374 e. The summed E-state index contributed by atoms with van der Waals surface area (Å²) in [5.74, 6) is -0.313. The van der Waals surface area contributed by atoms with Crippen molar-refractivity contribution in [2.24, 2.45) is 0 Å². The smallest absolute Gasteiger partial charge is 0.217 e. The molecule has 1 N–H and O–H groups in total. The lowest BCUT2D eigenvalue weighted by Crippen LogP contribution is -2.69. The average molecular weight is 938 g/mol. The molecule has 12 nitrogen and oxygen atoms in total. The Labute approximate surface area is 405 Å². The van der Waals surface area contributed by atoms with Crippen LogP contribution in [-0.2, 0) is 91.8 Å². The zero-order valence-corrected chi connectivity index (χ0v) is 39.2. The Morgan fingerprint density at radius 1 is 0.420 bits per heavy atom. The second-order valence-electron chi connectivity index (χ2n) is 17.2. The summed E-state index contributed by atoms with van der Waals surface area (Å²) in [4.78, 5) is 13.2. The number of carbonyl (C=O) groups is 1. The molecule has 2 saturated heterocycles. The molecule has 6 aromatic rings. The van der Waals surface area contributed by atoms with Crippen LogP contribution >= 0.6 is 0 Å². The van der Waals surface area contributed by atoms with Gasteiger partial charge in [-0.3, -0.25) is 4.79 Å². The molecule has 0 spiro atoms. The quantitative estimate of drug-likeness (QED) is 0.0628. The number of methoxy groups -OCH3 is 1. The Bertz CT molecular complexity index is 2350. The Morgan fingerprint density at radius 2 is 0.739 bits per heavy atom. The molecule has 2 aliphatic rings. The molecule has 6 aromatic carbocycles. The number of rotatable bonds is 24. The molecule has 1 amide bonds. The molecule has 0 saturated carbocycles. The second-order valence-corrected chi connectivity index (χ2v) is 17.2. The average Bonchev–Trinajstić information content (AvgIpc) is 3.39. The van der Waals surface area contributed by atoms with Crippen molar-refractivity contribution in [1.82, 2.24) is 5.32 Å². The summed E-state index contributed by atoms with van der Waals surface area (Å²) in [5, 5.41) is 3.08. The van der Waals surface area contributed by atoms with Crippen molar-refractivity contribution in [3.8, 4) is 0 Å². The maximum absolute atomic E-state index is 13.2. The molecule has 10 atom stereocenters. The first-order valence-electron chi connectivity index (χ1n) is 23.6. The standard InChI is InChI=1S/C57H63NO11/c1-41(59)58-50-53(51(63-35-44-25-13-5-14-26-44)48(67-56(50)60-2)39-61-33-42-21-9-3-10-22-42)69-57-55(66-38-47-31-19-8-20-32-47)54(65-37-46-29-17-7-18-30-46)52(64-36-45-27-15-6-16-28-45)49(68-57)40-62-34-43-23-11-4-12-24-43/h3-32,48-57H,33-40H2,1-2H3,(H,58,59)/t48-,49-,50-,51-,52+,53-,54+,55-,56+,57-/m1/s1. The monoisotopic (exact) mass is 937 g/mol. The molecule has 2 heterocycles. The van der Waals surface area contributed by atoms with E-state index in [1.165, 1.54) is 14.0 Å². The molecular formula is C57H63NO11. The molecule has 2 aliphatic heterocycles. The molecule has 0 aliphatic carbocycles. The molecule has 2 fully saturated rings. The van der Waals surface area contributed by atoms with Crippen molar-refractivity contribution in [2.45, 2.75) is 108 Å². The van der Waals surface area contributed by atoms with Crippen molar-refractivity contribution in [3.63, 3.8) is 0 Å². The van der Waals surface area contributed by atoms with Crippen molar-refractivity contribution in [1.29, 1.82) is 0 Å². The van der Waals surface area contributed by atoms with Crippen LogP contribution in [0.1, 0.15) is 40.3 Å². The summed E-state index contributed by atoms with van der Waals surface area (Å²) >= 11 is 0. The van der Waals surface area contributed by atoms with Gasteiger partial charge in [0.05, 0.1) is 52.9 Å². The zero-order chi connectivity index (χ0) is 47.5. The SMILES string of the molecule is CO[C@H]1O[C@H](COCc2ccccc2)[C@@H](OCc2ccccc2)[C@H](O[C@H]2O[C@H](COCc3ccccc3)[C@H](OCc3ccccc3)[C@H](OCc3ccccc3)[C@H]2OCc2ccccc2)[C@H]1NC(C)=O. The van der Waals surface area contributed by atoms with Gasteiger partial charge >= 0.3 is 0 Å². The van der Waals surface area contributed by atoms with E-state index in [-0.39, 0.29) is 45.5 Å². The van der Waals surface area contributed by atoms with E-state index in [9.17, 15) is 4.79 Å². The van der Waals surface area contributed by atoms with Gasteiger partial charge in [-0.2, -0.15) is 0 Å². The summed E-state index contributed by atoms with van der Waals surface area (Å²) in [5.41, 5.74) is 5.83. The van der Waals surface area contributed by atoms with E-state index in [4.69, 9.17) is 47.4 Å². The van der Waals surface area contributed by atoms with Crippen LogP contribution in [-0.4, -0.2) is 87.6 Å². The van der Waals surface area contributed by atoms with Gasteiger partial charge in [-0.15, -0.1) is 0 Å². The number of nitrogens with one attached hydrogen (secondary N) is 1. The predicted octanol–water partition coefficient (Wildman–Crippen LogP) is 8.75. The van der Waals surface area contributed by atoms with E-state index in [0.29, 0.717) is 13.2 Å². The molecule has 0 unspecified atom stereocenters. The number of carbonyl (C=O) groups excluding carboxylic acids is 1. The third-order valence-electron chi connectivity index (χ3n) is 12.1. The van der Waals surface area contributed by atoms with Crippen molar-refractivity contribution < 1.29 is 52.2 Å². The van der Waals surface area contributed by atoms with Gasteiger partial charge < -0.3 is 52.7 Å². The highest BCUT2D eigenvalue weighted by molar-refractivity contribution is 5.73. The highest BCUT2D eigenvalue weighted by Gasteiger charge is 2.54. The highest BCUT2D eigenvalue weighted by Crippen LogP contribution is 2.36. The van der Waals surface area contributed by atoms with Crippen LogP contribution in [0.3, 0.4) is 0 Å². The van der Waals surface area contributed by atoms with Crippen LogP contribution < -0.4 is 5.32 Å². The summed E-state index contributed by atoms with van der Waals surface area (Å²) in [6.07, 6.45) is -7.71. The van der Waals surface area contributed by atoms with Crippen LogP contribution in [0.4, 0.5) is 0 Å². The molecular weight excluding hydrogens is 875 g/mol. The fourth-order valence-corrected chi connectivity index (χ4v) is 8.64. The van der Waals surface area contributed by atoms with Crippen molar-refractivity contribution in [2.75, 3.05) is 20.3 Å². The van der Waals surface area contributed by atoms with Gasteiger partial charge in [0.1, 0.15) is 48.8 Å². The van der Waals surface area contributed by atoms with Crippen LogP contribution in [0.15, 0.2) is 182 Å². The van der Waals surface area contributed by atoms with Crippen molar-refractivity contribution in [3.05, 3.63) is 215 Å². The minimum absolute atomic E-state index is 0.120. The highest BCUT2D eigenvalue weighted by atomic mass is 16.7. The van der Waals surface area contributed by atoms with E-state index in [0.717, 1.165) is 33.4 Å². The van der Waals surface area contributed by atoms with Crippen molar-refractivity contribution >= 4 is 5.91 Å². The first-order chi connectivity index (χ1) is 34.0. The molecule has 69 heavy (non-hydrogen) atoms. The van der Waals surface area contributed by atoms with Crippen LogP contribution in [0.2, 0.25) is 0 Å². The summed E-state index contributed by atoms with van der Waals surface area (Å²) in [6, 6.07) is 58.8. The Hall–Kier alpha value is -5.61. The predicted molar refractivity (Wildman–Crippen MR) is 259 cm³/mol. The molecule has 12 heteroatoms. The van der Waals surface area contributed by atoms with E-state index < -0.39 is 61.3 Å². The first kappa shape index (κ1) is 49.8. The summed E-state index contributed by atoms with van der Waals surface area (Å²) in [6.45, 7) is 3.29. The Kier molecular flexibility index (Phi) is 19.0. The van der Waals surface area contributed by atoms with E-state index in [1.807, 2.05) is 182 Å². The summed E-state index contributed by atoms with van der Waals surface area (Å²) in [7, 11) is 1.54. The van der Waals surface area contributed by atoms with Gasteiger partial charge in [0.15, 0.2) is 12.6 Å². The number of hydrogen-bond donors (Lipinski definition) is 1. The third kappa shape index (κ3) is 14.7. The number of benzene rings is 6. The van der Waals surface area contributed by atoms with Gasteiger partial charge in [-0.25, -0.2) is 0 Å². The van der Waals surface area contributed by atoms with Crippen LogP contribution in [0.25, 0.3) is 0 Å². The second kappa shape index (κ2) is 26.4. The third-order valence-corrected chi connectivity index (χ3v) is 12.1. The lowest BCUT2D eigenvalue weighted by atomic mass is 9.94. The molecule has 362 valence electrons. The van der Waals surface area contributed by atoms with E-state index in [2.05, 4.69) is 5.32 Å². The van der Waals surface area contributed by atoms with E-state index >= 15 is 0 Å². The number of amides is 1. The Morgan fingerprint density at radius 3 is 1.10 bits per heavy atom. The topological polar surface area (TPSA) is 121 Å². The van der Waals surface area contributed by atoms with Gasteiger partial charge in [-0.1, -0.05) is 182 Å². The lowest BCUT2D eigenvalue weighted by Gasteiger charge is -2.50. The van der Waals surface area contributed by atoms with Gasteiger partial charge in [-0.05, 0) is 33.4 Å².